The number of aromatic nitrogens is 3. The van der Waals surface area contributed by atoms with Gasteiger partial charge < -0.3 is 9.84 Å². The van der Waals surface area contributed by atoms with Crippen LogP contribution < -0.4 is 5.32 Å². The predicted octanol–water partition coefficient (Wildman–Crippen LogP) is 4.20. The van der Waals surface area contributed by atoms with Crippen LogP contribution in [0.3, 0.4) is 0 Å². The van der Waals surface area contributed by atoms with Crippen LogP contribution in [-0.2, 0) is 6.54 Å². The van der Waals surface area contributed by atoms with Gasteiger partial charge in [-0.1, -0.05) is 22.8 Å². The molecule has 0 spiro atoms. The molecule has 1 aromatic carbocycles. The second-order valence-electron chi connectivity index (χ2n) is 6.13. The highest BCUT2D eigenvalue weighted by molar-refractivity contribution is 6.31. The number of benzene rings is 1. The summed E-state index contributed by atoms with van der Waals surface area (Å²) in [7, 11) is 0. The zero-order valence-electron chi connectivity index (χ0n) is 14.9. The number of nitrogens with one attached hydrogen (secondary N) is 1. The molecule has 0 aliphatic heterocycles. The molecular weight excluding hydrogens is 359 g/mol. The molecule has 1 N–H and O–H groups in total. The second-order valence-corrected chi connectivity index (χ2v) is 6.50. The first kappa shape index (κ1) is 18.1. The molecule has 2 heterocycles. The number of amides is 1. The van der Waals surface area contributed by atoms with Crippen LogP contribution in [0, 0.1) is 33.5 Å². The standard InChI is InChI=1S/C18H18ClFN4O2/c1-9-5-6-13(7-15(9)20)21-18(25)17-14(12(4)26-23-17)8-24-11(3)16(19)10(2)22-24/h5-7H,8H2,1-4H3,(H,21,25). The second kappa shape index (κ2) is 6.92. The maximum atomic E-state index is 13.7. The van der Waals surface area contributed by atoms with Gasteiger partial charge in [-0.25, -0.2) is 4.39 Å². The summed E-state index contributed by atoms with van der Waals surface area (Å²) in [5, 5.41) is 11.4. The fraction of sp³-hybridized carbons (Fsp3) is 0.278. The molecule has 0 saturated heterocycles. The van der Waals surface area contributed by atoms with Gasteiger partial charge in [0.25, 0.3) is 5.91 Å². The summed E-state index contributed by atoms with van der Waals surface area (Å²) in [6.45, 7) is 7.32. The van der Waals surface area contributed by atoms with E-state index in [-0.39, 0.29) is 5.69 Å². The van der Waals surface area contributed by atoms with E-state index in [4.69, 9.17) is 16.1 Å². The van der Waals surface area contributed by atoms with Crippen LogP contribution in [0.5, 0.6) is 0 Å². The molecule has 0 aliphatic rings. The highest BCUT2D eigenvalue weighted by Gasteiger charge is 2.22. The molecule has 0 aliphatic carbocycles. The number of hydrogen-bond donors (Lipinski definition) is 1. The van der Waals surface area contributed by atoms with Gasteiger partial charge in [-0.05, 0) is 45.4 Å². The van der Waals surface area contributed by atoms with E-state index in [1.165, 1.54) is 6.07 Å². The zero-order chi connectivity index (χ0) is 19.0. The third kappa shape index (κ3) is 3.35. The van der Waals surface area contributed by atoms with Crippen molar-refractivity contribution in [3.8, 4) is 0 Å². The first-order valence-corrected chi connectivity index (χ1v) is 8.38. The minimum absolute atomic E-state index is 0.132. The lowest BCUT2D eigenvalue weighted by atomic mass is 10.1. The van der Waals surface area contributed by atoms with Gasteiger partial charge >= 0.3 is 0 Å². The Morgan fingerprint density at radius 2 is 2.04 bits per heavy atom. The molecule has 2 aromatic heterocycles. The smallest absolute Gasteiger partial charge is 0.278 e. The summed E-state index contributed by atoms with van der Waals surface area (Å²) in [6, 6.07) is 4.49. The number of carbonyl (C=O) groups is 1. The summed E-state index contributed by atoms with van der Waals surface area (Å²) in [4.78, 5) is 12.6. The summed E-state index contributed by atoms with van der Waals surface area (Å²) < 4.78 is 20.6. The van der Waals surface area contributed by atoms with E-state index in [1.54, 1.807) is 30.7 Å². The third-order valence-corrected chi connectivity index (χ3v) is 4.78. The Morgan fingerprint density at radius 3 is 2.65 bits per heavy atom. The molecule has 0 bridgehead atoms. The van der Waals surface area contributed by atoms with Crippen molar-refractivity contribution >= 4 is 23.2 Å². The number of halogens is 2. The number of anilines is 1. The van der Waals surface area contributed by atoms with E-state index in [2.05, 4.69) is 15.6 Å². The molecule has 0 atom stereocenters. The van der Waals surface area contributed by atoms with Gasteiger partial charge in [0.15, 0.2) is 5.69 Å². The fourth-order valence-corrected chi connectivity index (χ4v) is 2.73. The zero-order valence-corrected chi connectivity index (χ0v) is 15.6. The van der Waals surface area contributed by atoms with Gasteiger partial charge in [0.05, 0.1) is 23.0 Å². The molecular formula is C18H18ClFN4O2. The van der Waals surface area contributed by atoms with Gasteiger partial charge in [0.1, 0.15) is 11.6 Å². The average molecular weight is 377 g/mol. The first-order chi connectivity index (χ1) is 12.3. The van der Waals surface area contributed by atoms with Crippen LogP contribution in [0.2, 0.25) is 5.02 Å². The van der Waals surface area contributed by atoms with Crippen LogP contribution in [0.15, 0.2) is 22.7 Å². The van der Waals surface area contributed by atoms with Gasteiger partial charge in [-0.3, -0.25) is 9.48 Å². The lowest BCUT2D eigenvalue weighted by Gasteiger charge is -2.07. The maximum absolute atomic E-state index is 13.7. The molecule has 8 heteroatoms. The lowest BCUT2D eigenvalue weighted by Crippen LogP contribution is -2.16. The van der Waals surface area contributed by atoms with E-state index in [0.29, 0.717) is 39.8 Å². The minimum Gasteiger partial charge on any atom is -0.361 e. The van der Waals surface area contributed by atoms with Crippen molar-refractivity contribution in [2.75, 3.05) is 5.32 Å². The maximum Gasteiger partial charge on any atom is 0.278 e. The number of carbonyl (C=O) groups excluding carboxylic acids is 1. The molecule has 0 unspecified atom stereocenters. The highest BCUT2D eigenvalue weighted by Crippen LogP contribution is 2.23. The van der Waals surface area contributed by atoms with E-state index >= 15 is 0 Å². The quantitative estimate of drug-likeness (QED) is 0.740. The summed E-state index contributed by atoms with van der Waals surface area (Å²) >= 11 is 6.18. The van der Waals surface area contributed by atoms with Crippen molar-refractivity contribution in [2.45, 2.75) is 34.2 Å². The van der Waals surface area contributed by atoms with Crippen LogP contribution in [0.25, 0.3) is 0 Å². The van der Waals surface area contributed by atoms with E-state index < -0.39 is 11.7 Å². The third-order valence-electron chi connectivity index (χ3n) is 4.23. The van der Waals surface area contributed by atoms with Crippen molar-refractivity contribution in [1.82, 2.24) is 14.9 Å². The number of hydrogen-bond acceptors (Lipinski definition) is 4. The molecule has 136 valence electrons. The summed E-state index contributed by atoms with van der Waals surface area (Å²) in [6.07, 6.45) is 0. The monoisotopic (exact) mass is 376 g/mol. The largest absolute Gasteiger partial charge is 0.361 e. The van der Waals surface area contributed by atoms with Crippen LogP contribution in [0.4, 0.5) is 10.1 Å². The fourth-order valence-electron chi connectivity index (χ4n) is 2.60. The van der Waals surface area contributed by atoms with Gasteiger partial charge in [-0.2, -0.15) is 5.10 Å². The average Bonchev–Trinajstić information content (AvgIpc) is 3.07. The van der Waals surface area contributed by atoms with Crippen molar-refractivity contribution < 1.29 is 13.7 Å². The summed E-state index contributed by atoms with van der Waals surface area (Å²) in [5.41, 5.74) is 3.07. The Hall–Kier alpha value is -2.67. The van der Waals surface area contributed by atoms with Gasteiger partial charge in [0.2, 0.25) is 0 Å². The van der Waals surface area contributed by atoms with Crippen molar-refractivity contribution in [3.05, 3.63) is 63.0 Å². The Morgan fingerprint density at radius 1 is 1.31 bits per heavy atom. The lowest BCUT2D eigenvalue weighted by molar-refractivity contribution is 0.101. The number of nitrogens with zero attached hydrogens (tertiary/aromatic N) is 3. The van der Waals surface area contributed by atoms with Crippen molar-refractivity contribution in [2.24, 2.45) is 0 Å². The molecule has 1 amide bonds. The van der Waals surface area contributed by atoms with Crippen molar-refractivity contribution in [3.63, 3.8) is 0 Å². The predicted molar refractivity (Wildman–Crippen MR) is 96.1 cm³/mol. The van der Waals surface area contributed by atoms with Crippen LogP contribution in [-0.4, -0.2) is 20.8 Å². The van der Waals surface area contributed by atoms with E-state index in [1.807, 2.05) is 13.8 Å². The van der Waals surface area contributed by atoms with Gasteiger partial charge in [-0.15, -0.1) is 0 Å². The highest BCUT2D eigenvalue weighted by atomic mass is 35.5. The molecule has 0 fully saturated rings. The normalized spacial score (nSPS) is 11.0. The first-order valence-electron chi connectivity index (χ1n) is 8.00. The Bertz CT molecular complexity index is 993. The molecule has 3 aromatic rings. The Balaban J connectivity index is 1.88. The van der Waals surface area contributed by atoms with E-state index in [0.717, 1.165) is 5.69 Å². The number of aryl methyl sites for hydroxylation is 3. The number of rotatable bonds is 4. The SMILES string of the molecule is Cc1ccc(NC(=O)c2noc(C)c2Cn2nc(C)c(Cl)c2C)cc1F. The Labute approximate surface area is 154 Å². The molecule has 3 rings (SSSR count). The Kier molecular flexibility index (Phi) is 4.82. The topological polar surface area (TPSA) is 73.0 Å². The van der Waals surface area contributed by atoms with Gasteiger partial charge in [0, 0.05) is 11.3 Å². The minimum atomic E-state index is -0.479. The molecule has 6 nitrogen and oxygen atoms in total. The van der Waals surface area contributed by atoms with Crippen LogP contribution >= 0.6 is 11.6 Å². The van der Waals surface area contributed by atoms with Crippen molar-refractivity contribution in [1.29, 1.82) is 0 Å². The van der Waals surface area contributed by atoms with E-state index in [9.17, 15) is 9.18 Å². The molecule has 0 radical (unpaired) electrons. The molecule has 26 heavy (non-hydrogen) atoms. The molecule has 0 saturated carbocycles. The van der Waals surface area contributed by atoms with Crippen LogP contribution in [0.1, 0.15) is 38.8 Å². The summed E-state index contributed by atoms with van der Waals surface area (Å²) in [5.74, 6) is -0.363.